The summed E-state index contributed by atoms with van der Waals surface area (Å²) in [5.41, 5.74) is 1.41. The fourth-order valence-electron chi connectivity index (χ4n) is 2.87. The standard InChI is InChI=1S/C19H13BrO6/c1-25-18-15(22)7-10(16(23)19(18)26-2)5-9-3-4-11-12(6-9)17(24)13(20)8-14(11)21/h3-4,6-8H,5H2,1-2H3. The minimum Gasteiger partial charge on any atom is -0.490 e. The van der Waals surface area contributed by atoms with Crippen LogP contribution in [0.15, 0.2) is 51.9 Å². The average Bonchev–Trinajstić information content (AvgIpc) is 2.62. The van der Waals surface area contributed by atoms with E-state index in [9.17, 15) is 19.2 Å². The molecule has 0 fully saturated rings. The maximum Gasteiger partial charge on any atom is 0.228 e. The third-order valence-corrected chi connectivity index (χ3v) is 4.69. The van der Waals surface area contributed by atoms with Gasteiger partial charge in [-0.15, -0.1) is 0 Å². The first-order valence-electron chi connectivity index (χ1n) is 7.58. The molecule has 132 valence electrons. The summed E-state index contributed by atoms with van der Waals surface area (Å²) < 4.78 is 10.1. The van der Waals surface area contributed by atoms with E-state index < -0.39 is 11.6 Å². The first-order chi connectivity index (χ1) is 12.4. The molecule has 1 aromatic carbocycles. The van der Waals surface area contributed by atoms with Gasteiger partial charge in [-0.3, -0.25) is 19.2 Å². The van der Waals surface area contributed by atoms with Crippen molar-refractivity contribution in [1.82, 2.24) is 0 Å². The van der Waals surface area contributed by atoms with Crippen LogP contribution in [0.25, 0.3) is 0 Å². The molecule has 26 heavy (non-hydrogen) atoms. The summed E-state index contributed by atoms with van der Waals surface area (Å²) in [5.74, 6) is -1.78. The van der Waals surface area contributed by atoms with Gasteiger partial charge in [0.2, 0.25) is 28.9 Å². The quantitative estimate of drug-likeness (QED) is 0.700. The lowest BCUT2D eigenvalue weighted by Gasteiger charge is -2.18. The van der Waals surface area contributed by atoms with Gasteiger partial charge in [0.15, 0.2) is 5.78 Å². The SMILES string of the molecule is COC1=C(OC)C(=O)C(Cc2ccc3c(c2)C(=O)C(Br)=CC3=O)=CC1=O. The number of allylic oxidation sites excluding steroid dienone is 4. The maximum absolute atomic E-state index is 12.5. The van der Waals surface area contributed by atoms with E-state index in [1.807, 2.05) is 0 Å². The van der Waals surface area contributed by atoms with Gasteiger partial charge in [-0.2, -0.15) is 0 Å². The van der Waals surface area contributed by atoms with Gasteiger partial charge in [0, 0.05) is 29.2 Å². The Labute approximate surface area is 157 Å². The highest BCUT2D eigenvalue weighted by Crippen LogP contribution is 2.28. The van der Waals surface area contributed by atoms with Gasteiger partial charge in [-0.05, 0) is 33.6 Å². The van der Waals surface area contributed by atoms with Crippen LogP contribution in [0.2, 0.25) is 0 Å². The summed E-state index contributed by atoms with van der Waals surface area (Å²) in [5, 5.41) is 0. The second-order valence-electron chi connectivity index (χ2n) is 5.67. The second kappa shape index (κ2) is 6.84. The molecule has 0 unspecified atom stereocenters. The third-order valence-electron chi connectivity index (χ3n) is 4.10. The highest BCUT2D eigenvalue weighted by Gasteiger charge is 2.31. The number of Topliss-reactive ketones (excluding diaryl/α,β-unsaturated/α-hetero) is 2. The lowest BCUT2D eigenvalue weighted by atomic mass is 9.89. The van der Waals surface area contributed by atoms with E-state index >= 15 is 0 Å². The molecule has 1 aromatic rings. The molecule has 6 nitrogen and oxygen atoms in total. The van der Waals surface area contributed by atoms with Crippen LogP contribution in [0, 0.1) is 0 Å². The Hall–Kier alpha value is -2.80. The van der Waals surface area contributed by atoms with Gasteiger partial charge in [-0.1, -0.05) is 12.1 Å². The zero-order chi connectivity index (χ0) is 19.0. The zero-order valence-electron chi connectivity index (χ0n) is 13.9. The van der Waals surface area contributed by atoms with Crippen molar-refractivity contribution in [3.63, 3.8) is 0 Å². The Bertz CT molecular complexity index is 964. The van der Waals surface area contributed by atoms with Crippen LogP contribution in [0.3, 0.4) is 0 Å². The predicted octanol–water partition coefficient (Wildman–Crippen LogP) is 2.47. The normalized spacial score (nSPS) is 17.0. The van der Waals surface area contributed by atoms with E-state index in [1.54, 1.807) is 18.2 Å². The number of ether oxygens (including phenoxy) is 2. The van der Waals surface area contributed by atoms with Gasteiger partial charge in [0.05, 0.1) is 18.7 Å². The fraction of sp³-hybridized carbons (Fsp3) is 0.158. The van der Waals surface area contributed by atoms with Crippen LogP contribution >= 0.6 is 15.9 Å². The number of halogens is 1. The molecule has 2 aliphatic rings. The Balaban J connectivity index is 1.94. The maximum atomic E-state index is 12.5. The monoisotopic (exact) mass is 416 g/mol. The van der Waals surface area contributed by atoms with Crippen molar-refractivity contribution in [2.24, 2.45) is 0 Å². The van der Waals surface area contributed by atoms with Gasteiger partial charge < -0.3 is 9.47 Å². The van der Waals surface area contributed by atoms with Gasteiger partial charge in [0.1, 0.15) is 0 Å². The Morgan fingerprint density at radius 1 is 0.846 bits per heavy atom. The van der Waals surface area contributed by atoms with Gasteiger partial charge >= 0.3 is 0 Å². The van der Waals surface area contributed by atoms with Crippen molar-refractivity contribution >= 4 is 39.1 Å². The zero-order valence-corrected chi connectivity index (χ0v) is 15.5. The molecule has 0 saturated carbocycles. The molecule has 2 aliphatic carbocycles. The molecule has 0 saturated heterocycles. The summed E-state index contributed by atoms with van der Waals surface area (Å²) in [4.78, 5) is 48.9. The number of carbonyl (C=O) groups is 4. The van der Waals surface area contributed by atoms with Crippen LogP contribution in [0.1, 0.15) is 26.3 Å². The Kier molecular flexibility index (Phi) is 4.73. The van der Waals surface area contributed by atoms with Gasteiger partial charge in [0.25, 0.3) is 0 Å². The van der Waals surface area contributed by atoms with Crippen molar-refractivity contribution < 1.29 is 28.7 Å². The van der Waals surface area contributed by atoms with E-state index in [0.717, 1.165) is 0 Å². The first-order valence-corrected chi connectivity index (χ1v) is 8.37. The number of rotatable bonds is 4. The van der Waals surface area contributed by atoms with E-state index in [2.05, 4.69) is 15.9 Å². The van der Waals surface area contributed by atoms with Crippen LogP contribution in [-0.2, 0) is 25.5 Å². The van der Waals surface area contributed by atoms with Crippen molar-refractivity contribution in [2.75, 3.05) is 14.2 Å². The van der Waals surface area contributed by atoms with E-state index in [0.29, 0.717) is 11.1 Å². The molecule has 0 amide bonds. The summed E-state index contributed by atoms with van der Waals surface area (Å²) >= 11 is 3.08. The van der Waals surface area contributed by atoms with Gasteiger partial charge in [-0.25, -0.2) is 0 Å². The minimum atomic E-state index is -0.464. The highest BCUT2D eigenvalue weighted by atomic mass is 79.9. The molecule has 0 aromatic heterocycles. The molecule has 0 spiro atoms. The summed E-state index contributed by atoms with van der Waals surface area (Å²) in [6.45, 7) is 0. The lowest BCUT2D eigenvalue weighted by molar-refractivity contribution is -0.120. The van der Waals surface area contributed by atoms with Crippen molar-refractivity contribution in [2.45, 2.75) is 6.42 Å². The highest BCUT2D eigenvalue weighted by molar-refractivity contribution is 9.12. The largest absolute Gasteiger partial charge is 0.490 e. The first kappa shape index (κ1) is 18.0. The number of methoxy groups -OCH3 is 2. The number of hydrogen-bond donors (Lipinski definition) is 0. The van der Waals surface area contributed by atoms with Crippen LogP contribution in [-0.4, -0.2) is 37.4 Å². The lowest BCUT2D eigenvalue weighted by Crippen LogP contribution is -2.22. The minimum absolute atomic E-state index is 0.116. The molecular formula is C19H13BrO6. The molecule has 3 rings (SSSR count). The predicted molar refractivity (Wildman–Crippen MR) is 95.0 cm³/mol. The third kappa shape index (κ3) is 2.94. The fourth-order valence-corrected chi connectivity index (χ4v) is 3.29. The van der Waals surface area contributed by atoms with E-state index in [4.69, 9.17) is 9.47 Å². The second-order valence-corrected chi connectivity index (χ2v) is 6.53. The van der Waals surface area contributed by atoms with Crippen LogP contribution in [0.5, 0.6) is 0 Å². The van der Waals surface area contributed by atoms with E-state index in [1.165, 1.54) is 26.4 Å². The molecule has 0 bridgehead atoms. The van der Waals surface area contributed by atoms with Crippen LogP contribution in [0.4, 0.5) is 0 Å². The molecule has 0 aliphatic heterocycles. The van der Waals surface area contributed by atoms with E-state index in [-0.39, 0.29) is 45.1 Å². The Morgan fingerprint density at radius 2 is 1.54 bits per heavy atom. The van der Waals surface area contributed by atoms with Crippen molar-refractivity contribution in [1.29, 1.82) is 0 Å². The summed E-state index contributed by atoms with van der Waals surface area (Å²) in [6.07, 6.45) is 2.55. The number of hydrogen-bond acceptors (Lipinski definition) is 6. The number of benzene rings is 1. The molecule has 0 N–H and O–H groups in total. The Morgan fingerprint density at radius 3 is 2.19 bits per heavy atom. The van der Waals surface area contributed by atoms with Crippen LogP contribution < -0.4 is 0 Å². The number of carbonyl (C=O) groups excluding carboxylic acids is 4. The molecular weight excluding hydrogens is 404 g/mol. The smallest absolute Gasteiger partial charge is 0.228 e. The summed E-state index contributed by atoms with van der Waals surface area (Å²) in [6, 6.07) is 4.76. The summed E-state index contributed by atoms with van der Waals surface area (Å²) in [7, 11) is 2.57. The average molecular weight is 417 g/mol. The molecule has 7 heteroatoms. The molecule has 0 radical (unpaired) electrons. The van der Waals surface area contributed by atoms with Crippen molar-refractivity contribution in [3.8, 4) is 0 Å². The molecule has 0 heterocycles. The number of fused-ring (bicyclic) bond motifs is 1. The number of ketones is 4. The molecule has 0 atom stereocenters. The van der Waals surface area contributed by atoms with Crippen molar-refractivity contribution in [3.05, 3.63) is 68.6 Å². The topological polar surface area (TPSA) is 86.7 Å².